The molecule has 0 spiro atoms. The van der Waals surface area contributed by atoms with Crippen LogP contribution in [0.4, 0.5) is 5.69 Å². The summed E-state index contributed by atoms with van der Waals surface area (Å²) < 4.78 is 12.2. The van der Waals surface area contributed by atoms with Crippen molar-refractivity contribution in [2.24, 2.45) is 0 Å². The van der Waals surface area contributed by atoms with Gasteiger partial charge in [0.05, 0.1) is 65.7 Å². The summed E-state index contributed by atoms with van der Waals surface area (Å²) >= 11 is 5.46. The van der Waals surface area contributed by atoms with Crippen LogP contribution in [0.1, 0.15) is 5.56 Å². The molecule has 346 valence electrons. The Morgan fingerprint density at radius 3 is 1.24 bits per heavy atom. The van der Waals surface area contributed by atoms with Gasteiger partial charge in [-0.05, 0) is 52.6 Å². The van der Waals surface area contributed by atoms with Crippen LogP contribution in [-0.4, -0.2) is 9.13 Å². The van der Waals surface area contributed by atoms with E-state index in [0.717, 1.165) is 81.9 Å². The van der Waals surface area contributed by atoms with Gasteiger partial charge in [-0.15, -0.1) is 34.0 Å². The first-order valence-corrected chi connectivity index (χ1v) is 27.4. The number of nitriles is 1. The number of nitrogens with zero attached hydrogens (tertiary/aromatic N) is 4. The summed E-state index contributed by atoms with van der Waals surface area (Å²) in [4.78, 5) is 4.50. The maximum atomic E-state index is 12.0. The van der Waals surface area contributed by atoms with Crippen LogP contribution in [0, 0.1) is 17.9 Å². The van der Waals surface area contributed by atoms with Crippen molar-refractivity contribution in [3.05, 3.63) is 235 Å². The summed E-state index contributed by atoms with van der Waals surface area (Å²) in [5.41, 5.74) is 12.0. The van der Waals surface area contributed by atoms with Crippen LogP contribution in [0.3, 0.4) is 0 Å². The minimum Gasteiger partial charge on any atom is -0.306 e. The fourth-order valence-corrected chi connectivity index (χ4v) is 15.9. The van der Waals surface area contributed by atoms with Crippen molar-refractivity contribution < 1.29 is 0 Å². The third-order valence-corrected chi connectivity index (χ3v) is 19.0. The van der Waals surface area contributed by atoms with E-state index < -0.39 is 0 Å². The molecule has 0 N–H and O–H groups in total. The van der Waals surface area contributed by atoms with Crippen LogP contribution < -0.4 is 0 Å². The standard InChI is InChI=1S/C68H36N4S3/c1-70-60-53(38-69)58(40-19-7-3-8-20-40)64(72-62-46(30-33-50-44-24-12-15-27-56(44)74-67(50)62)47-31-34-51-45-25-13-16-28-57(45)75-68(51)63(47)72)65(59(60)41-21-9-4-10-22-41)71-54-36-29-42(39-17-5-2-6-18-39)37-52(54)48-32-35-49-43-23-11-14-26-55(43)73-66(49)61(48)71/h2-37H. The lowest BCUT2D eigenvalue weighted by atomic mass is 9.88. The van der Waals surface area contributed by atoms with Crippen molar-refractivity contribution in [3.8, 4) is 50.8 Å². The lowest BCUT2D eigenvalue weighted by molar-refractivity contribution is 1.11. The van der Waals surface area contributed by atoms with Crippen molar-refractivity contribution in [1.29, 1.82) is 5.26 Å². The summed E-state index contributed by atoms with van der Waals surface area (Å²) in [6, 6.07) is 81.0. The zero-order valence-electron chi connectivity index (χ0n) is 39.8. The third-order valence-electron chi connectivity index (χ3n) is 15.4. The summed E-state index contributed by atoms with van der Waals surface area (Å²) in [6.07, 6.45) is 0. The van der Waals surface area contributed by atoms with E-state index in [1.807, 2.05) is 58.3 Å². The lowest BCUT2D eigenvalue weighted by Gasteiger charge is -2.27. The Morgan fingerprint density at radius 1 is 0.360 bits per heavy atom. The van der Waals surface area contributed by atoms with E-state index in [1.165, 1.54) is 55.8 Å². The molecule has 0 aliphatic rings. The number of fused-ring (bicyclic) bond motifs is 18. The first-order chi connectivity index (χ1) is 37.2. The summed E-state index contributed by atoms with van der Waals surface area (Å²) in [6.45, 7) is 9.32. The highest BCUT2D eigenvalue weighted by Crippen LogP contribution is 2.56. The van der Waals surface area contributed by atoms with Gasteiger partial charge in [0.2, 0.25) is 5.69 Å². The molecule has 16 aromatic rings. The molecule has 5 heterocycles. The first-order valence-electron chi connectivity index (χ1n) is 24.9. The SMILES string of the molecule is [C-]#[N+]c1c(C#N)c(-c2ccccc2)c(-n2c3c(ccc4c5ccccc5sc43)c3ccc4c5ccccc5sc4c32)c(-n2c3ccc(-c4ccccc4)cc3c3ccc4c5ccccc5sc4c32)c1-c1ccccc1. The number of benzene rings is 11. The third kappa shape index (κ3) is 5.89. The van der Waals surface area contributed by atoms with Crippen molar-refractivity contribution in [2.45, 2.75) is 0 Å². The van der Waals surface area contributed by atoms with E-state index in [9.17, 15) is 11.8 Å². The molecule has 0 radical (unpaired) electrons. The summed E-state index contributed by atoms with van der Waals surface area (Å²) in [7, 11) is 0. The molecule has 0 saturated carbocycles. The average molecular weight is 1010 g/mol. The molecule has 5 aromatic heterocycles. The predicted molar refractivity (Wildman–Crippen MR) is 321 cm³/mol. The van der Waals surface area contributed by atoms with Gasteiger partial charge in [0.1, 0.15) is 0 Å². The van der Waals surface area contributed by atoms with E-state index in [1.54, 1.807) is 0 Å². The van der Waals surface area contributed by atoms with Gasteiger partial charge in [-0.2, -0.15) is 5.26 Å². The molecular weight excluding hydrogens is 969 g/mol. The molecule has 0 atom stereocenters. The molecule has 75 heavy (non-hydrogen) atoms. The Balaban J connectivity index is 1.24. The van der Waals surface area contributed by atoms with Crippen LogP contribution in [0.5, 0.6) is 0 Å². The van der Waals surface area contributed by atoms with Gasteiger partial charge in [-0.25, -0.2) is 4.85 Å². The molecule has 0 amide bonds. The van der Waals surface area contributed by atoms with Gasteiger partial charge in [-0.1, -0.05) is 188 Å². The van der Waals surface area contributed by atoms with Crippen LogP contribution in [0.2, 0.25) is 0 Å². The number of aromatic nitrogens is 2. The quantitative estimate of drug-likeness (QED) is 0.158. The Morgan fingerprint density at radius 2 is 0.760 bits per heavy atom. The monoisotopic (exact) mass is 1000 g/mol. The van der Waals surface area contributed by atoms with Crippen LogP contribution in [0.15, 0.2) is 218 Å². The number of hydrogen-bond donors (Lipinski definition) is 0. The second-order valence-electron chi connectivity index (χ2n) is 19.2. The normalized spacial score (nSPS) is 12.0. The average Bonchev–Trinajstić information content (AvgIpc) is 4.44. The van der Waals surface area contributed by atoms with Gasteiger partial charge in [0.15, 0.2) is 0 Å². The molecule has 0 aliphatic heterocycles. The highest BCUT2D eigenvalue weighted by molar-refractivity contribution is 7.27. The van der Waals surface area contributed by atoms with Crippen molar-refractivity contribution in [2.75, 3.05) is 0 Å². The number of thiophene rings is 3. The lowest BCUT2D eigenvalue weighted by Crippen LogP contribution is -2.10. The molecule has 7 heteroatoms. The van der Waals surface area contributed by atoms with E-state index >= 15 is 0 Å². The van der Waals surface area contributed by atoms with E-state index in [2.05, 4.69) is 214 Å². The number of hydrogen-bond acceptors (Lipinski definition) is 4. The van der Waals surface area contributed by atoms with Crippen molar-refractivity contribution in [1.82, 2.24) is 9.13 Å². The zero-order chi connectivity index (χ0) is 49.5. The predicted octanol–water partition coefficient (Wildman–Crippen LogP) is 20.4. The van der Waals surface area contributed by atoms with E-state index in [-0.39, 0.29) is 0 Å². The fraction of sp³-hybridized carbons (Fsp3) is 0. The molecule has 11 aromatic carbocycles. The fourth-order valence-electron chi connectivity index (χ4n) is 12.2. The van der Waals surface area contributed by atoms with Gasteiger partial charge >= 0.3 is 0 Å². The molecule has 0 fully saturated rings. The number of rotatable bonds is 5. The largest absolute Gasteiger partial charge is 0.306 e. The van der Waals surface area contributed by atoms with E-state index in [0.29, 0.717) is 22.4 Å². The molecule has 0 saturated heterocycles. The van der Waals surface area contributed by atoms with Crippen molar-refractivity contribution >= 4 is 144 Å². The Hall–Kier alpha value is -9.34. The second kappa shape index (κ2) is 16.1. The Bertz CT molecular complexity index is 5070. The Labute approximate surface area is 441 Å². The zero-order valence-corrected chi connectivity index (χ0v) is 42.2. The Kier molecular flexibility index (Phi) is 9.05. The molecule has 0 bridgehead atoms. The topological polar surface area (TPSA) is 38.0 Å². The maximum absolute atomic E-state index is 12.0. The summed E-state index contributed by atoms with van der Waals surface area (Å²) in [5, 5.41) is 23.6. The highest BCUT2D eigenvalue weighted by atomic mass is 32.1. The van der Waals surface area contributed by atoms with Crippen LogP contribution >= 0.6 is 34.0 Å². The molecule has 0 aliphatic carbocycles. The molecular formula is C68H36N4S3. The van der Waals surface area contributed by atoms with Gasteiger partial charge in [0, 0.05) is 79.1 Å². The molecule has 4 nitrogen and oxygen atoms in total. The minimum absolute atomic E-state index is 0.320. The summed E-state index contributed by atoms with van der Waals surface area (Å²) in [5.74, 6) is 0. The van der Waals surface area contributed by atoms with E-state index in [4.69, 9.17) is 0 Å². The van der Waals surface area contributed by atoms with Gasteiger partial charge in [-0.3, -0.25) is 0 Å². The van der Waals surface area contributed by atoms with Gasteiger partial charge < -0.3 is 9.13 Å². The maximum Gasteiger partial charge on any atom is 0.215 e. The first kappa shape index (κ1) is 42.2. The highest BCUT2D eigenvalue weighted by Gasteiger charge is 2.34. The van der Waals surface area contributed by atoms with Crippen molar-refractivity contribution in [3.63, 3.8) is 0 Å². The molecule has 0 unspecified atom stereocenters. The second-order valence-corrected chi connectivity index (χ2v) is 22.4. The smallest absolute Gasteiger partial charge is 0.215 e. The van der Waals surface area contributed by atoms with Crippen LogP contribution in [0.25, 0.3) is 154 Å². The molecule has 16 rings (SSSR count). The van der Waals surface area contributed by atoms with Gasteiger partial charge in [0.25, 0.3) is 0 Å². The minimum atomic E-state index is 0.320. The van der Waals surface area contributed by atoms with Crippen LogP contribution in [-0.2, 0) is 0 Å².